The Morgan fingerprint density at radius 3 is 2.71 bits per heavy atom. The van der Waals surface area contributed by atoms with E-state index in [1.807, 2.05) is 12.1 Å². The van der Waals surface area contributed by atoms with Gasteiger partial charge in [0.15, 0.2) is 5.65 Å². The van der Waals surface area contributed by atoms with Crippen LogP contribution in [0.3, 0.4) is 0 Å². The molecule has 0 bridgehead atoms. The molecule has 0 unspecified atom stereocenters. The van der Waals surface area contributed by atoms with Crippen molar-refractivity contribution in [1.29, 1.82) is 0 Å². The number of rotatable bonds is 1. The summed E-state index contributed by atoms with van der Waals surface area (Å²) in [5, 5.41) is 0. The van der Waals surface area contributed by atoms with Crippen molar-refractivity contribution in [1.82, 2.24) is 15.0 Å². The highest BCUT2D eigenvalue weighted by Gasteiger charge is 2.17. The minimum Gasteiger partial charge on any atom is -0.356 e. The van der Waals surface area contributed by atoms with Crippen LogP contribution in [0.1, 0.15) is 12.8 Å². The lowest BCUT2D eigenvalue weighted by Crippen LogP contribution is -2.40. The number of hydrogen-bond acceptors (Lipinski definition) is 5. The summed E-state index contributed by atoms with van der Waals surface area (Å²) >= 11 is 0. The smallest absolute Gasteiger partial charge is 0.180 e. The van der Waals surface area contributed by atoms with Crippen molar-refractivity contribution in [2.24, 2.45) is 5.73 Å². The van der Waals surface area contributed by atoms with Gasteiger partial charge in [-0.3, -0.25) is 4.98 Å². The molecule has 0 atom stereocenters. The summed E-state index contributed by atoms with van der Waals surface area (Å²) in [7, 11) is 0. The normalized spacial score (nSPS) is 17.6. The zero-order valence-electron chi connectivity index (χ0n) is 9.58. The van der Waals surface area contributed by atoms with Crippen molar-refractivity contribution in [3.05, 3.63) is 24.5 Å². The maximum absolute atomic E-state index is 5.90. The fraction of sp³-hybridized carbons (Fsp3) is 0.417. The lowest BCUT2D eigenvalue weighted by atomic mass is 10.1. The van der Waals surface area contributed by atoms with Gasteiger partial charge >= 0.3 is 0 Å². The van der Waals surface area contributed by atoms with Gasteiger partial charge < -0.3 is 10.6 Å². The van der Waals surface area contributed by atoms with Gasteiger partial charge in [-0.05, 0) is 25.0 Å². The van der Waals surface area contributed by atoms with Crippen LogP contribution >= 0.6 is 0 Å². The molecular weight excluding hydrogens is 214 g/mol. The summed E-state index contributed by atoms with van der Waals surface area (Å²) in [6.07, 6.45) is 5.41. The van der Waals surface area contributed by atoms with Crippen LogP contribution in [-0.4, -0.2) is 34.1 Å². The highest BCUT2D eigenvalue weighted by Crippen LogP contribution is 2.18. The number of aromatic nitrogens is 3. The van der Waals surface area contributed by atoms with E-state index in [-0.39, 0.29) is 0 Å². The van der Waals surface area contributed by atoms with Crippen LogP contribution in [0.2, 0.25) is 0 Å². The molecule has 0 aromatic carbocycles. The van der Waals surface area contributed by atoms with Gasteiger partial charge in [-0.2, -0.15) is 0 Å². The minimum atomic E-state index is 0.339. The van der Waals surface area contributed by atoms with Gasteiger partial charge in [-0.1, -0.05) is 0 Å². The average Bonchev–Trinajstić information content (AvgIpc) is 2.39. The predicted octanol–water partition coefficient (Wildman–Crippen LogP) is 0.952. The third-order valence-corrected chi connectivity index (χ3v) is 3.18. The molecule has 2 aromatic heterocycles. The summed E-state index contributed by atoms with van der Waals surface area (Å²) in [5.74, 6) is 0.977. The molecule has 0 spiro atoms. The SMILES string of the molecule is NC1CCN(c2ccc3nccnc3n2)CC1. The van der Waals surface area contributed by atoms with E-state index in [2.05, 4.69) is 19.9 Å². The lowest BCUT2D eigenvalue weighted by Gasteiger charge is -2.30. The summed E-state index contributed by atoms with van der Waals surface area (Å²) in [4.78, 5) is 15.2. The van der Waals surface area contributed by atoms with Gasteiger partial charge in [0, 0.05) is 31.5 Å². The van der Waals surface area contributed by atoms with E-state index in [9.17, 15) is 0 Å². The summed E-state index contributed by atoms with van der Waals surface area (Å²) in [6.45, 7) is 1.94. The minimum absolute atomic E-state index is 0.339. The van der Waals surface area contributed by atoms with Crippen LogP contribution in [0.25, 0.3) is 11.2 Å². The Bertz CT molecular complexity index is 519. The third kappa shape index (κ3) is 2.06. The molecular formula is C12H15N5. The van der Waals surface area contributed by atoms with Crippen molar-refractivity contribution in [2.45, 2.75) is 18.9 Å². The number of hydrogen-bond donors (Lipinski definition) is 1. The molecule has 3 heterocycles. The Morgan fingerprint density at radius 1 is 1.12 bits per heavy atom. The van der Waals surface area contributed by atoms with Crippen molar-refractivity contribution in [3.8, 4) is 0 Å². The standard InChI is InChI=1S/C12H15N5/c13-9-3-7-17(8-4-9)11-2-1-10-12(16-11)15-6-5-14-10/h1-2,5-6,9H,3-4,7-8,13H2. The fourth-order valence-corrected chi connectivity index (χ4v) is 2.15. The maximum Gasteiger partial charge on any atom is 0.180 e. The van der Waals surface area contributed by atoms with Crippen LogP contribution in [0.5, 0.6) is 0 Å². The number of fused-ring (bicyclic) bond motifs is 1. The average molecular weight is 229 g/mol. The molecule has 5 nitrogen and oxygen atoms in total. The Labute approximate surface area is 99.7 Å². The predicted molar refractivity (Wildman–Crippen MR) is 66.8 cm³/mol. The second-order valence-corrected chi connectivity index (χ2v) is 4.39. The van der Waals surface area contributed by atoms with E-state index in [0.717, 1.165) is 37.3 Å². The molecule has 1 fully saturated rings. The van der Waals surface area contributed by atoms with Crippen molar-refractivity contribution in [3.63, 3.8) is 0 Å². The van der Waals surface area contributed by atoms with E-state index in [0.29, 0.717) is 11.7 Å². The first-order chi connectivity index (χ1) is 8.33. The number of anilines is 1. The van der Waals surface area contributed by atoms with Gasteiger partial charge in [0.25, 0.3) is 0 Å². The number of piperidine rings is 1. The molecule has 3 rings (SSSR count). The van der Waals surface area contributed by atoms with Gasteiger partial charge in [0.1, 0.15) is 11.3 Å². The maximum atomic E-state index is 5.90. The van der Waals surface area contributed by atoms with Crippen molar-refractivity contribution >= 4 is 17.0 Å². The van der Waals surface area contributed by atoms with Crippen molar-refractivity contribution < 1.29 is 0 Å². The molecule has 0 aliphatic carbocycles. The molecule has 0 amide bonds. The van der Waals surface area contributed by atoms with Gasteiger partial charge in [-0.25, -0.2) is 9.97 Å². The van der Waals surface area contributed by atoms with Crippen LogP contribution < -0.4 is 10.6 Å². The first-order valence-corrected chi connectivity index (χ1v) is 5.91. The largest absolute Gasteiger partial charge is 0.356 e. The van der Waals surface area contributed by atoms with Crippen LogP contribution in [0, 0.1) is 0 Å². The molecule has 1 aliphatic heterocycles. The van der Waals surface area contributed by atoms with Gasteiger partial charge in [0.05, 0.1) is 0 Å². The molecule has 0 radical (unpaired) electrons. The Hall–Kier alpha value is -1.75. The Kier molecular flexibility index (Phi) is 2.60. The molecule has 1 saturated heterocycles. The van der Waals surface area contributed by atoms with E-state index >= 15 is 0 Å². The second kappa shape index (κ2) is 4.25. The summed E-state index contributed by atoms with van der Waals surface area (Å²) in [6, 6.07) is 4.32. The van der Waals surface area contributed by atoms with Crippen LogP contribution in [0.4, 0.5) is 5.82 Å². The Balaban J connectivity index is 1.90. The molecule has 88 valence electrons. The Morgan fingerprint density at radius 2 is 1.88 bits per heavy atom. The number of nitrogens with two attached hydrogens (primary N) is 1. The highest BCUT2D eigenvalue weighted by molar-refractivity contribution is 5.71. The van der Waals surface area contributed by atoms with Gasteiger partial charge in [-0.15, -0.1) is 0 Å². The lowest BCUT2D eigenvalue weighted by molar-refractivity contribution is 0.499. The molecule has 1 aliphatic rings. The molecule has 0 saturated carbocycles. The zero-order chi connectivity index (χ0) is 11.7. The molecule has 5 heteroatoms. The summed E-state index contributed by atoms with van der Waals surface area (Å²) in [5.41, 5.74) is 7.44. The molecule has 2 aromatic rings. The van der Waals surface area contributed by atoms with Crippen molar-refractivity contribution in [2.75, 3.05) is 18.0 Å². The first kappa shape index (κ1) is 10.4. The summed E-state index contributed by atoms with van der Waals surface area (Å²) < 4.78 is 0. The van der Waals surface area contributed by atoms with E-state index in [1.54, 1.807) is 12.4 Å². The van der Waals surface area contributed by atoms with E-state index in [1.165, 1.54) is 0 Å². The zero-order valence-corrected chi connectivity index (χ0v) is 9.58. The fourth-order valence-electron chi connectivity index (χ4n) is 2.15. The first-order valence-electron chi connectivity index (χ1n) is 5.91. The van der Waals surface area contributed by atoms with Gasteiger partial charge in [0.2, 0.25) is 0 Å². The number of nitrogens with zero attached hydrogens (tertiary/aromatic N) is 4. The third-order valence-electron chi connectivity index (χ3n) is 3.18. The van der Waals surface area contributed by atoms with Crippen LogP contribution in [-0.2, 0) is 0 Å². The monoisotopic (exact) mass is 229 g/mol. The highest BCUT2D eigenvalue weighted by atomic mass is 15.2. The quantitative estimate of drug-likeness (QED) is 0.788. The van der Waals surface area contributed by atoms with E-state index < -0.39 is 0 Å². The molecule has 2 N–H and O–H groups in total. The van der Waals surface area contributed by atoms with Crippen LogP contribution in [0.15, 0.2) is 24.5 Å². The number of pyridine rings is 1. The van der Waals surface area contributed by atoms with E-state index in [4.69, 9.17) is 5.73 Å². The second-order valence-electron chi connectivity index (χ2n) is 4.39. The molecule has 17 heavy (non-hydrogen) atoms. The topological polar surface area (TPSA) is 67.9 Å².